The van der Waals surface area contributed by atoms with Gasteiger partial charge < -0.3 is 10.6 Å². The Balaban J connectivity index is 2.20. The Labute approximate surface area is 122 Å². The van der Waals surface area contributed by atoms with Gasteiger partial charge >= 0.3 is 0 Å². The molecule has 0 spiro atoms. The minimum absolute atomic E-state index is 0.161. The summed E-state index contributed by atoms with van der Waals surface area (Å²) >= 11 is 6.01. The van der Waals surface area contributed by atoms with Crippen molar-refractivity contribution in [2.75, 3.05) is 17.7 Å². The molecule has 20 heavy (non-hydrogen) atoms. The Morgan fingerprint density at radius 2 is 2.20 bits per heavy atom. The van der Waals surface area contributed by atoms with Crippen LogP contribution < -0.4 is 10.6 Å². The molecule has 0 bridgehead atoms. The van der Waals surface area contributed by atoms with Crippen molar-refractivity contribution in [3.63, 3.8) is 0 Å². The van der Waals surface area contributed by atoms with Gasteiger partial charge in [0.1, 0.15) is 11.6 Å². The quantitative estimate of drug-likeness (QED) is 0.909. The average Bonchev–Trinajstić information content (AvgIpc) is 2.86. The first-order chi connectivity index (χ1) is 9.52. The van der Waals surface area contributed by atoms with Crippen molar-refractivity contribution in [1.82, 2.24) is 14.8 Å². The summed E-state index contributed by atoms with van der Waals surface area (Å²) in [5, 5.41) is 10.2. The molecule has 0 aliphatic rings. The van der Waals surface area contributed by atoms with Gasteiger partial charge in [-0.3, -0.25) is 4.79 Å². The van der Waals surface area contributed by atoms with Crippen LogP contribution in [0.2, 0.25) is 5.02 Å². The van der Waals surface area contributed by atoms with E-state index in [1.807, 2.05) is 13.8 Å². The van der Waals surface area contributed by atoms with Crippen molar-refractivity contribution in [3.05, 3.63) is 35.1 Å². The highest BCUT2D eigenvalue weighted by Gasteiger charge is 2.13. The number of amides is 1. The monoisotopic (exact) mass is 293 g/mol. The van der Waals surface area contributed by atoms with E-state index in [1.165, 1.54) is 6.20 Å². The van der Waals surface area contributed by atoms with E-state index in [2.05, 4.69) is 20.7 Å². The molecule has 0 radical (unpaired) electrons. The van der Waals surface area contributed by atoms with Crippen LogP contribution in [0.3, 0.4) is 0 Å². The molecule has 0 saturated carbocycles. The van der Waals surface area contributed by atoms with E-state index in [9.17, 15) is 4.79 Å². The molecule has 2 rings (SSSR count). The van der Waals surface area contributed by atoms with Crippen LogP contribution in [0.1, 0.15) is 30.2 Å². The molecule has 2 N–H and O–H groups in total. The van der Waals surface area contributed by atoms with Gasteiger partial charge in [0.15, 0.2) is 0 Å². The maximum absolute atomic E-state index is 12.2. The minimum atomic E-state index is -0.274. The predicted molar refractivity (Wildman–Crippen MR) is 79.4 cm³/mol. The number of pyridine rings is 1. The summed E-state index contributed by atoms with van der Waals surface area (Å²) in [5.41, 5.74) is 0.394. The summed E-state index contributed by atoms with van der Waals surface area (Å²) in [7, 11) is 1.72. The van der Waals surface area contributed by atoms with Gasteiger partial charge in [0.25, 0.3) is 5.91 Å². The summed E-state index contributed by atoms with van der Waals surface area (Å²) in [4.78, 5) is 16.2. The molecule has 0 saturated heterocycles. The number of hydrogen-bond acceptors (Lipinski definition) is 4. The van der Waals surface area contributed by atoms with Crippen LogP contribution in [0.25, 0.3) is 0 Å². The Kier molecular flexibility index (Phi) is 4.24. The molecule has 7 heteroatoms. The van der Waals surface area contributed by atoms with Crippen LogP contribution in [0, 0.1) is 0 Å². The van der Waals surface area contributed by atoms with Gasteiger partial charge in [0.05, 0.1) is 16.8 Å². The molecular weight excluding hydrogens is 278 g/mol. The lowest BCUT2D eigenvalue weighted by atomic mass is 10.2. The average molecular weight is 294 g/mol. The molecular formula is C13H16ClN5O. The van der Waals surface area contributed by atoms with E-state index in [-0.39, 0.29) is 11.9 Å². The molecule has 0 fully saturated rings. The number of nitrogens with zero attached hydrogens (tertiary/aromatic N) is 3. The second kappa shape index (κ2) is 5.92. The maximum Gasteiger partial charge on any atom is 0.258 e. The summed E-state index contributed by atoms with van der Waals surface area (Å²) < 4.78 is 1.73. The molecule has 0 aromatic carbocycles. The molecule has 0 aliphatic heterocycles. The normalized spacial score (nSPS) is 10.7. The lowest BCUT2D eigenvalue weighted by Crippen LogP contribution is -2.17. The SMILES string of the molecule is CNc1ncc(C(=O)Nc2ccnn2C(C)C)cc1Cl. The van der Waals surface area contributed by atoms with Crippen molar-refractivity contribution in [3.8, 4) is 0 Å². The van der Waals surface area contributed by atoms with Gasteiger partial charge in [0.2, 0.25) is 0 Å². The van der Waals surface area contributed by atoms with Gasteiger partial charge in [-0.15, -0.1) is 0 Å². The highest BCUT2D eigenvalue weighted by atomic mass is 35.5. The summed E-state index contributed by atoms with van der Waals surface area (Å²) in [5.74, 6) is 0.902. The van der Waals surface area contributed by atoms with Gasteiger partial charge in [-0.25, -0.2) is 9.67 Å². The number of halogens is 1. The first-order valence-electron chi connectivity index (χ1n) is 6.21. The smallest absolute Gasteiger partial charge is 0.258 e. The molecule has 2 heterocycles. The fourth-order valence-electron chi connectivity index (χ4n) is 1.76. The number of carbonyl (C=O) groups excluding carboxylic acids is 1. The highest BCUT2D eigenvalue weighted by molar-refractivity contribution is 6.33. The molecule has 6 nitrogen and oxygen atoms in total. The number of nitrogens with one attached hydrogen (secondary N) is 2. The zero-order valence-electron chi connectivity index (χ0n) is 11.5. The van der Waals surface area contributed by atoms with E-state index in [0.717, 1.165) is 0 Å². The fourth-order valence-corrected chi connectivity index (χ4v) is 2.02. The number of hydrogen-bond donors (Lipinski definition) is 2. The number of carbonyl (C=O) groups is 1. The zero-order valence-corrected chi connectivity index (χ0v) is 12.3. The van der Waals surface area contributed by atoms with Gasteiger partial charge in [0, 0.05) is 25.4 Å². The zero-order chi connectivity index (χ0) is 14.7. The number of rotatable bonds is 4. The van der Waals surface area contributed by atoms with Crippen molar-refractivity contribution < 1.29 is 4.79 Å². The Hall–Kier alpha value is -2.08. The maximum atomic E-state index is 12.2. The standard InChI is InChI=1S/C13H16ClN5O/c1-8(2)19-11(4-5-17-19)18-13(20)9-6-10(14)12(15-3)16-7-9/h4-8H,1-3H3,(H,15,16)(H,18,20). The molecule has 2 aromatic rings. The van der Waals surface area contributed by atoms with E-state index in [4.69, 9.17) is 11.6 Å². The van der Waals surface area contributed by atoms with Crippen LogP contribution in [-0.4, -0.2) is 27.7 Å². The fraction of sp³-hybridized carbons (Fsp3) is 0.308. The highest BCUT2D eigenvalue weighted by Crippen LogP contribution is 2.20. The second-order valence-electron chi connectivity index (χ2n) is 4.51. The van der Waals surface area contributed by atoms with E-state index >= 15 is 0 Å². The number of anilines is 2. The molecule has 2 aromatic heterocycles. The van der Waals surface area contributed by atoms with Crippen LogP contribution in [-0.2, 0) is 0 Å². The van der Waals surface area contributed by atoms with Crippen LogP contribution in [0.4, 0.5) is 11.6 Å². The van der Waals surface area contributed by atoms with Crippen LogP contribution >= 0.6 is 11.6 Å². The molecule has 0 atom stereocenters. The largest absolute Gasteiger partial charge is 0.372 e. The van der Waals surface area contributed by atoms with E-state index < -0.39 is 0 Å². The van der Waals surface area contributed by atoms with Gasteiger partial charge in [-0.2, -0.15) is 5.10 Å². The van der Waals surface area contributed by atoms with Crippen molar-refractivity contribution >= 4 is 29.1 Å². The summed E-state index contributed by atoms with van der Waals surface area (Å²) in [6.45, 7) is 3.98. The summed E-state index contributed by atoms with van der Waals surface area (Å²) in [6, 6.07) is 3.48. The topological polar surface area (TPSA) is 71.8 Å². The third kappa shape index (κ3) is 2.91. The summed E-state index contributed by atoms with van der Waals surface area (Å²) in [6.07, 6.45) is 3.12. The van der Waals surface area contributed by atoms with Crippen molar-refractivity contribution in [2.24, 2.45) is 0 Å². The molecule has 106 valence electrons. The molecule has 1 amide bonds. The Bertz CT molecular complexity index is 623. The molecule has 0 unspecified atom stereocenters. The first kappa shape index (κ1) is 14.3. The van der Waals surface area contributed by atoms with Crippen molar-refractivity contribution in [1.29, 1.82) is 0 Å². The Morgan fingerprint density at radius 1 is 1.45 bits per heavy atom. The number of aromatic nitrogens is 3. The minimum Gasteiger partial charge on any atom is -0.372 e. The van der Waals surface area contributed by atoms with Gasteiger partial charge in [-0.05, 0) is 19.9 Å². The predicted octanol–water partition coefficient (Wildman–Crippen LogP) is 2.81. The van der Waals surface area contributed by atoms with E-state index in [1.54, 1.807) is 30.1 Å². The second-order valence-corrected chi connectivity index (χ2v) is 4.92. The van der Waals surface area contributed by atoms with E-state index in [0.29, 0.717) is 22.2 Å². The lowest BCUT2D eigenvalue weighted by Gasteiger charge is -2.12. The van der Waals surface area contributed by atoms with Crippen molar-refractivity contribution in [2.45, 2.75) is 19.9 Å². The molecule has 0 aliphatic carbocycles. The van der Waals surface area contributed by atoms with Crippen LogP contribution in [0.15, 0.2) is 24.5 Å². The third-order valence-corrected chi connectivity index (χ3v) is 3.03. The third-order valence-electron chi connectivity index (χ3n) is 2.74. The van der Waals surface area contributed by atoms with Crippen LogP contribution in [0.5, 0.6) is 0 Å². The lowest BCUT2D eigenvalue weighted by molar-refractivity contribution is 0.102. The Morgan fingerprint density at radius 3 is 2.80 bits per heavy atom. The van der Waals surface area contributed by atoms with Gasteiger partial charge in [-0.1, -0.05) is 11.6 Å². The first-order valence-corrected chi connectivity index (χ1v) is 6.59.